The molecule has 0 bridgehead atoms. The molecule has 1 saturated heterocycles. The summed E-state index contributed by atoms with van der Waals surface area (Å²) in [6, 6.07) is 7.00. The van der Waals surface area contributed by atoms with Crippen molar-refractivity contribution in [1.29, 1.82) is 0 Å². The van der Waals surface area contributed by atoms with Crippen LogP contribution in [0.5, 0.6) is 0 Å². The lowest BCUT2D eigenvalue weighted by Gasteiger charge is -2.22. The van der Waals surface area contributed by atoms with E-state index in [4.69, 9.17) is 4.74 Å². The zero-order valence-electron chi connectivity index (χ0n) is 12.9. The fourth-order valence-corrected chi connectivity index (χ4v) is 3.04. The molecule has 3 rings (SSSR count). The molecule has 1 aromatic rings. The van der Waals surface area contributed by atoms with Crippen molar-refractivity contribution in [3.63, 3.8) is 0 Å². The first-order valence-electron chi connectivity index (χ1n) is 7.39. The lowest BCUT2D eigenvalue weighted by atomic mass is 9.73. The molecule has 1 fully saturated rings. The molecule has 0 saturated carbocycles. The van der Waals surface area contributed by atoms with Gasteiger partial charge in [0, 0.05) is 17.5 Å². The smallest absolute Gasteiger partial charge is 0.199 e. The molecular formula is C18H20O3. The summed E-state index contributed by atoms with van der Waals surface area (Å²) in [5, 5.41) is 0. The Hall–Kier alpha value is -1.74. The maximum atomic E-state index is 12.8. The number of carbonyl (C=O) groups is 2. The summed E-state index contributed by atoms with van der Waals surface area (Å²) in [7, 11) is 0. The van der Waals surface area contributed by atoms with Crippen molar-refractivity contribution >= 4 is 11.6 Å². The second kappa shape index (κ2) is 4.38. The Labute approximate surface area is 125 Å². The lowest BCUT2D eigenvalue weighted by molar-refractivity contribution is 0.0847. The van der Waals surface area contributed by atoms with Gasteiger partial charge in [0.05, 0.1) is 0 Å². The summed E-state index contributed by atoms with van der Waals surface area (Å²) in [6.07, 6.45) is 2.50. The number of hydrogen-bond donors (Lipinski definition) is 0. The molecule has 1 aromatic carbocycles. The van der Waals surface area contributed by atoms with Gasteiger partial charge in [-0.25, -0.2) is 0 Å². The number of rotatable bonds is 3. The van der Waals surface area contributed by atoms with Crippen molar-refractivity contribution in [3.05, 3.63) is 47.0 Å². The van der Waals surface area contributed by atoms with Crippen LogP contribution in [0.2, 0.25) is 0 Å². The molecule has 1 heterocycles. The number of allylic oxidation sites excluding steroid dienone is 1. The number of hydrogen-bond acceptors (Lipinski definition) is 3. The van der Waals surface area contributed by atoms with Gasteiger partial charge >= 0.3 is 0 Å². The van der Waals surface area contributed by atoms with Gasteiger partial charge in [-0.3, -0.25) is 9.59 Å². The molecule has 0 N–H and O–H groups in total. The highest BCUT2D eigenvalue weighted by molar-refractivity contribution is 6.25. The highest BCUT2D eigenvalue weighted by Crippen LogP contribution is 2.57. The van der Waals surface area contributed by atoms with E-state index in [2.05, 4.69) is 13.8 Å². The maximum Gasteiger partial charge on any atom is 0.199 e. The fraction of sp³-hybridized carbons (Fsp3) is 0.444. The number of Topliss-reactive ketones (excluding diaryl/α,β-unsaturated/α-hetero) is 2. The molecule has 2 aliphatic rings. The minimum absolute atomic E-state index is 0.0620. The Balaban J connectivity index is 2.02. The van der Waals surface area contributed by atoms with E-state index in [0.717, 1.165) is 0 Å². The van der Waals surface area contributed by atoms with Crippen LogP contribution in [0.25, 0.3) is 0 Å². The van der Waals surface area contributed by atoms with Gasteiger partial charge in [-0.2, -0.15) is 0 Å². The number of ketones is 2. The highest BCUT2D eigenvalue weighted by atomic mass is 16.6. The van der Waals surface area contributed by atoms with Crippen LogP contribution in [-0.2, 0) is 4.74 Å². The van der Waals surface area contributed by atoms with E-state index < -0.39 is 11.2 Å². The predicted molar refractivity (Wildman–Crippen MR) is 80.5 cm³/mol. The summed E-state index contributed by atoms with van der Waals surface area (Å²) in [5.41, 5.74) is 0.206. The van der Waals surface area contributed by atoms with Gasteiger partial charge in [-0.1, -0.05) is 49.8 Å². The van der Waals surface area contributed by atoms with E-state index in [-0.39, 0.29) is 11.6 Å². The van der Waals surface area contributed by atoms with E-state index in [1.165, 1.54) is 5.57 Å². The highest BCUT2D eigenvalue weighted by Gasteiger charge is 2.77. The third kappa shape index (κ3) is 1.77. The average molecular weight is 284 g/mol. The fourth-order valence-electron chi connectivity index (χ4n) is 3.04. The first kappa shape index (κ1) is 14.2. The van der Waals surface area contributed by atoms with E-state index in [0.29, 0.717) is 23.5 Å². The molecule has 21 heavy (non-hydrogen) atoms. The van der Waals surface area contributed by atoms with Crippen LogP contribution in [0, 0.1) is 5.92 Å². The molecule has 2 atom stereocenters. The van der Waals surface area contributed by atoms with E-state index in [9.17, 15) is 9.59 Å². The van der Waals surface area contributed by atoms with E-state index in [1.807, 2.05) is 13.0 Å². The minimum Gasteiger partial charge on any atom is -0.345 e. The molecule has 1 aliphatic carbocycles. The summed E-state index contributed by atoms with van der Waals surface area (Å²) >= 11 is 0. The van der Waals surface area contributed by atoms with Crippen molar-refractivity contribution in [2.75, 3.05) is 0 Å². The lowest BCUT2D eigenvalue weighted by Crippen LogP contribution is -2.43. The number of fused-ring (bicyclic) bond motifs is 2. The summed E-state index contributed by atoms with van der Waals surface area (Å²) in [4.78, 5) is 25.4. The molecule has 1 aliphatic heterocycles. The van der Waals surface area contributed by atoms with Gasteiger partial charge < -0.3 is 4.74 Å². The molecule has 0 radical (unpaired) electrons. The average Bonchev–Trinajstić information content (AvgIpc) is 3.11. The molecule has 0 amide bonds. The van der Waals surface area contributed by atoms with E-state index >= 15 is 0 Å². The van der Waals surface area contributed by atoms with E-state index in [1.54, 1.807) is 31.2 Å². The molecule has 2 unspecified atom stereocenters. The third-order valence-electron chi connectivity index (χ3n) is 4.95. The topological polar surface area (TPSA) is 46.7 Å². The van der Waals surface area contributed by atoms with Crippen molar-refractivity contribution < 1.29 is 14.3 Å². The minimum atomic E-state index is -0.994. The molecule has 3 nitrogen and oxygen atoms in total. The Morgan fingerprint density at radius 2 is 1.76 bits per heavy atom. The predicted octanol–water partition coefficient (Wildman–Crippen LogP) is 3.59. The normalized spacial score (nSPS) is 31.2. The van der Waals surface area contributed by atoms with Crippen LogP contribution >= 0.6 is 0 Å². The molecule has 0 aromatic heterocycles. The number of epoxide rings is 1. The standard InChI is InChI=1S/C18H20O3/c1-11(2)12(3)9-10-18-16(20)14-8-6-5-7-13(14)15(19)17(18,4)21-18/h5-9,11H,10H2,1-4H3. The van der Waals surface area contributed by atoms with Gasteiger partial charge in [0.15, 0.2) is 22.8 Å². The summed E-state index contributed by atoms with van der Waals surface area (Å²) in [6.45, 7) is 8.00. The Bertz CT molecular complexity index is 671. The number of benzene rings is 1. The monoisotopic (exact) mass is 284 g/mol. The zero-order chi connectivity index (χ0) is 15.4. The second-order valence-electron chi connectivity index (χ2n) is 6.47. The van der Waals surface area contributed by atoms with Crippen LogP contribution in [0.3, 0.4) is 0 Å². The SMILES string of the molecule is CC(=CCC12OC1(C)C(=O)c1ccccc1C2=O)C(C)C. The maximum absolute atomic E-state index is 12.8. The third-order valence-corrected chi connectivity index (χ3v) is 4.95. The van der Waals surface area contributed by atoms with Crippen molar-refractivity contribution in [2.45, 2.75) is 45.3 Å². The first-order valence-corrected chi connectivity index (χ1v) is 7.39. The van der Waals surface area contributed by atoms with Crippen molar-refractivity contribution in [1.82, 2.24) is 0 Å². The Kier molecular flexibility index (Phi) is 2.96. The van der Waals surface area contributed by atoms with Gasteiger partial charge in [-0.15, -0.1) is 0 Å². The van der Waals surface area contributed by atoms with Gasteiger partial charge in [-0.05, 0) is 19.8 Å². The van der Waals surface area contributed by atoms with Crippen molar-refractivity contribution in [3.8, 4) is 0 Å². The first-order chi connectivity index (χ1) is 9.83. The molecule has 3 heteroatoms. The van der Waals surface area contributed by atoms with Crippen LogP contribution in [0.1, 0.15) is 54.8 Å². The summed E-state index contributed by atoms with van der Waals surface area (Å²) < 4.78 is 5.75. The van der Waals surface area contributed by atoms with Crippen LogP contribution in [-0.4, -0.2) is 22.8 Å². The van der Waals surface area contributed by atoms with Gasteiger partial charge in [0.25, 0.3) is 0 Å². The number of carbonyl (C=O) groups excluding carboxylic acids is 2. The second-order valence-corrected chi connectivity index (χ2v) is 6.47. The van der Waals surface area contributed by atoms with Crippen LogP contribution in [0.4, 0.5) is 0 Å². The van der Waals surface area contributed by atoms with Crippen LogP contribution in [0.15, 0.2) is 35.9 Å². The number of ether oxygens (including phenoxy) is 1. The largest absolute Gasteiger partial charge is 0.345 e. The quantitative estimate of drug-likeness (QED) is 0.629. The molecule has 110 valence electrons. The van der Waals surface area contributed by atoms with Crippen LogP contribution < -0.4 is 0 Å². The van der Waals surface area contributed by atoms with Crippen molar-refractivity contribution in [2.24, 2.45) is 5.92 Å². The Morgan fingerprint density at radius 1 is 1.19 bits per heavy atom. The van der Waals surface area contributed by atoms with Gasteiger partial charge in [0.2, 0.25) is 0 Å². The molecular weight excluding hydrogens is 264 g/mol. The molecule has 0 spiro atoms. The zero-order valence-corrected chi connectivity index (χ0v) is 12.9. The summed E-state index contributed by atoms with van der Waals surface area (Å²) in [5.74, 6) is 0.286. The van der Waals surface area contributed by atoms with Gasteiger partial charge in [0.1, 0.15) is 0 Å². The Morgan fingerprint density at radius 3 is 2.33 bits per heavy atom.